The Morgan fingerprint density at radius 3 is 2.28 bits per heavy atom. The van der Waals surface area contributed by atoms with E-state index in [9.17, 15) is 23.5 Å². The van der Waals surface area contributed by atoms with Gasteiger partial charge in [-0.3, -0.25) is 0 Å². The number of carbonyl (C=O) groups excluding carboxylic acids is 1. The molecule has 0 heterocycles. The first-order valence-corrected chi connectivity index (χ1v) is 14.1. The Balaban J connectivity index is 1.65. The Labute approximate surface area is 228 Å². The second kappa shape index (κ2) is 14.4. The number of aliphatic carboxylic acids is 1. The highest BCUT2D eigenvalue weighted by Gasteiger charge is 2.48. The first-order valence-electron chi connectivity index (χ1n) is 14.1. The number of halogens is 3. The first kappa shape index (κ1) is 30.5. The standard InChI is InChI=1S/C31H39F3O5/c1-3-5-6-10-19-38-26-18-17-25(27(32)28(26)33)29(35)39-24-15-13-22(14-16-24)21(4-2)20-31(34,30(36)37)23-11-8-7-9-12-23/h13-18,21,23H,3-12,19-20H2,1-2H3,(H,36,37)/t21?,31-/m0/s1. The van der Waals surface area contributed by atoms with Gasteiger partial charge in [0.25, 0.3) is 0 Å². The van der Waals surface area contributed by atoms with Crippen LogP contribution in [0.5, 0.6) is 11.5 Å². The maximum Gasteiger partial charge on any atom is 0.346 e. The molecule has 0 spiro atoms. The van der Waals surface area contributed by atoms with Crippen LogP contribution in [0.15, 0.2) is 36.4 Å². The smallest absolute Gasteiger partial charge is 0.346 e. The van der Waals surface area contributed by atoms with Gasteiger partial charge in [-0.1, -0.05) is 64.5 Å². The number of carboxylic acid groups (broad SMARTS) is 1. The van der Waals surface area contributed by atoms with Crippen molar-refractivity contribution in [2.45, 2.75) is 96.1 Å². The lowest BCUT2D eigenvalue weighted by Gasteiger charge is -2.35. The molecule has 3 rings (SSSR count). The van der Waals surface area contributed by atoms with Crippen molar-refractivity contribution in [2.24, 2.45) is 5.92 Å². The van der Waals surface area contributed by atoms with E-state index in [-0.39, 0.29) is 30.4 Å². The number of carbonyl (C=O) groups is 2. The van der Waals surface area contributed by atoms with Crippen LogP contribution in [0.3, 0.4) is 0 Å². The molecular weight excluding hydrogens is 509 g/mol. The normalized spacial score (nSPS) is 16.3. The Morgan fingerprint density at radius 1 is 0.974 bits per heavy atom. The van der Waals surface area contributed by atoms with Crippen LogP contribution in [-0.4, -0.2) is 29.3 Å². The number of esters is 1. The third kappa shape index (κ3) is 7.76. The summed E-state index contributed by atoms with van der Waals surface area (Å²) in [6.45, 7) is 4.19. The lowest BCUT2D eigenvalue weighted by Crippen LogP contribution is -2.43. The molecule has 5 nitrogen and oxygen atoms in total. The van der Waals surface area contributed by atoms with E-state index in [1.165, 1.54) is 18.2 Å². The summed E-state index contributed by atoms with van der Waals surface area (Å²) < 4.78 is 55.5. The van der Waals surface area contributed by atoms with Gasteiger partial charge in [-0.2, -0.15) is 4.39 Å². The Morgan fingerprint density at radius 2 is 1.67 bits per heavy atom. The lowest BCUT2D eigenvalue weighted by molar-refractivity contribution is -0.157. The summed E-state index contributed by atoms with van der Waals surface area (Å²) in [7, 11) is 0. The third-order valence-corrected chi connectivity index (χ3v) is 7.73. The van der Waals surface area contributed by atoms with Gasteiger partial charge < -0.3 is 14.6 Å². The molecule has 214 valence electrons. The van der Waals surface area contributed by atoms with Crippen LogP contribution in [0.1, 0.15) is 106 Å². The van der Waals surface area contributed by atoms with Crippen molar-refractivity contribution in [3.05, 3.63) is 59.2 Å². The Hall–Kier alpha value is -3.03. The first-order chi connectivity index (χ1) is 18.7. The number of unbranched alkanes of at least 4 members (excludes halogenated alkanes) is 3. The molecule has 1 saturated carbocycles. The second-order valence-corrected chi connectivity index (χ2v) is 10.4. The van der Waals surface area contributed by atoms with E-state index in [0.717, 1.165) is 51.0 Å². The van der Waals surface area contributed by atoms with Crippen LogP contribution < -0.4 is 9.47 Å². The molecule has 1 fully saturated rings. The summed E-state index contributed by atoms with van der Waals surface area (Å²) in [5.74, 6) is -6.07. The minimum Gasteiger partial charge on any atom is -0.490 e. The van der Waals surface area contributed by atoms with Gasteiger partial charge in [0, 0.05) is 5.92 Å². The van der Waals surface area contributed by atoms with Crippen molar-refractivity contribution in [1.29, 1.82) is 0 Å². The molecule has 2 atom stereocenters. The van der Waals surface area contributed by atoms with Gasteiger partial charge in [0.05, 0.1) is 12.2 Å². The zero-order valence-corrected chi connectivity index (χ0v) is 22.8. The molecule has 0 saturated heterocycles. The highest BCUT2D eigenvalue weighted by Crippen LogP contribution is 2.42. The van der Waals surface area contributed by atoms with Gasteiger partial charge in [0.15, 0.2) is 11.6 Å². The van der Waals surface area contributed by atoms with Crippen molar-refractivity contribution < 1.29 is 37.3 Å². The van der Waals surface area contributed by atoms with Crippen LogP contribution in [-0.2, 0) is 4.79 Å². The molecular formula is C31H39F3O5. The van der Waals surface area contributed by atoms with Gasteiger partial charge in [-0.15, -0.1) is 0 Å². The van der Waals surface area contributed by atoms with E-state index >= 15 is 4.39 Å². The Kier molecular flexibility index (Phi) is 11.3. The van der Waals surface area contributed by atoms with Crippen molar-refractivity contribution in [2.75, 3.05) is 6.61 Å². The number of hydrogen-bond acceptors (Lipinski definition) is 4. The quantitative estimate of drug-likeness (QED) is 0.146. The van der Waals surface area contributed by atoms with Crippen LogP contribution in [0.4, 0.5) is 13.2 Å². The van der Waals surface area contributed by atoms with Gasteiger partial charge in [-0.25, -0.2) is 18.4 Å². The molecule has 1 aliphatic rings. The zero-order valence-electron chi connectivity index (χ0n) is 22.8. The lowest BCUT2D eigenvalue weighted by atomic mass is 9.72. The highest BCUT2D eigenvalue weighted by molar-refractivity contribution is 5.91. The summed E-state index contributed by atoms with van der Waals surface area (Å²) in [5, 5.41) is 9.76. The van der Waals surface area contributed by atoms with Gasteiger partial charge in [-0.05, 0) is 67.9 Å². The monoisotopic (exact) mass is 548 g/mol. The Bertz CT molecular complexity index is 1100. The highest BCUT2D eigenvalue weighted by atomic mass is 19.2. The molecule has 1 unspecified atom stereocenters. The van der Waals surface area contributed by atoms with Crippen LogP contribution in [0.25, 0.3) is 0 Å². The molecule has 2 aromatic rings. The molecule has 0 bridgehead atoms. The molecule has 1 aliphatic carbocycles. The molecule has 0 aromatic heterocycles. The van der Waals surface area contributed by atoms with Gasteiger partial charge in [0.1, 0.15) is 5.75 Å². The topological polar surface area (TPSA) is 72.8 Å². The van der Waals surface area contributed by atoms with E-state index in [4.69, 9.17) is 9.47 Å². The minimum atomic E-state index is -2.31. The van der Waals surface area contributed by atoms with E-state index < -0.39 is 40.7 Å². The molecule has 39 heavy (non-hydrogen) atoms. The molecule has 0 amide bonds. The van der Waals surface area contributed by atoms with E-state index in [2.05, 4.69) is 6.92 Å². The number of carboxylic acids is 1. The van der Waals surface area contributed by atoms with Crippen molar-refractivity contribution in [1.82, 2.24) is 0 Å². The fraction of sp³-hybridized carbons (Fsp3) is 0.548. The fourth-order valence-electron chi connectivity index (χ4n) is 5.33. The predicted octanol–water partition coefficient (Wildman–Crippen LogP) is 8.40. The van der Waals surface area contributed by atoms with E-state index in [1.54, 1.807) is 12.1 Å². The molecule has 8 heteroatoms. The molecule has 0 radical (unpaired) electrons. The number of benzene rings is 2. The van der Waals surface area contributed by atoms with E-state index in [0.29, 0.717) is 24.8 Å². The molecule has 2 aromatic carbocycles. The average Bonchev–Trinajstić information content (AvgIpc) is 2.94. The van der Waals surface area contributed by atoms with Crippen molar-refractivity contribution in [3.63, 3.8) is 0 Å². The SMILES string of the molecule is CCCCCCOc1ccc(C(=O)Oc2ccc(C(CC)C[C@@](F)(C(=O)O)C3CCCCC3)cc2)c(F)c1F. The van der Waals surface area contributed by atoms with Gasteiger partial charge in [0.2, 0.25) is 11.5 Å². The largest absolute Gasteiger partial charge is 0.490 e. The number of rotatable bonds is 14. The van der Waals surface area contributed by atoms with Crippen molar-refractivity contribution >= 4 is 11.9 Å². The van der Waals surface area contributed by atoms with Crippen molar-refractivity contribution in [3.8, 4) is 11.5 Å². The number of ether oxygens (including phenoxy) is 2. The molecule has 0 aliphatic heterocycles. The fourth-order valence-corrected chi connectivity index (χ4v) is 5.33. The maximum absolute atomic E-state index is 15.8. The van der Waals surface area contributed by atoms with Crippen LogP contribution >= 0.6 is 0 Å². The third-order valence-electron chi connectivity index (χ3n) is 7.73. The number of alkyl halides is 1. The zero-order chi connectivity index (χ0) is 28.4. The summed E-state index contributed by atoms with van der Waals surface area (Å²) in [6, 6.07) is 8.60. The second-order valence-electron chi connectivity index (χ2n) is 10.4. The van der Waals surface area contributed by atoms with Crippen LogP contribution in [0.2, 0.25) is 0 Å². The van der Waals surface area contributed by atoms with Crippen LogP contribution in [0, 0.1) is 17.6 Å². The minimum absolute atomic E-state index is 0.103. The number of hydrogen-bond donors (Lipinski definition) is 1. The van der Waals surface area contributed by atoms with E-state index in [1.807, 2.05) is 6.92 Å². The van der Waals surface area contributed by atoms with Gasteiger partial charge >= 0.3 is 11.9 Å². The summed E-state index contributed by atoms with van der Waals surface area (Å²) in [5.41, 5.74) is -2.15. The predicted molar refractivity (Wildman–Crippen MR) is 143 cm³/mol. The summed E-state index contributed by atoms with van der Waals surface area (Å²) >= 11 is 0. The summed E-state index contributed by atoms with van der Waals surface area (Å²) in [6.07, 6.45) is 7.91. The summed E-state index contributed by atoms with van der Waals surface area (Å²) in [4.78, 5) is 24.5. The maximum atomic E-state index is 15.8. The average molecular weight is 549 g/mol. The molecule has 1 N–H and O–H groups in total.